The molecule has 112 valence electrons. The third kappa shape index (κ3) is 2.69. The van der Waals surface area contributed by atoms with Crippen LogP contribution in [0.2, 0.25) is 0 Å². The van der Waals surface area contributed by atoms with Gasteiger partial charge in [-0.3, -0.25) is 14.9 Å². The minimum absolute atomic E-state index is 0.110. The fourth-order valence-corrected chi connectivity index (χ4v) is 3.23. The van der Waals surface area contributed by atoms with Crippen molar-refractivity contribution in [3.8, 4) is 0 Å². The normalized spacial score (nSPS) is 27.3. The predicted octanol–water partition coefficient (Wildman–Crippen LogP) is 1.00. The third-order valence-corrected chi connectivity index (χ3v) is 4.46. The van der Waals surface area contributed by atoms with E-state index in [1.807, 2.05) is 0 Å². The van der Waals surface area contributed by atoms with E-state index in [2.05, 4.69) is 10.2 Å². The van der Waals surface area contributed by atoms with Gasteiger partial charge < -0.3 is 16.0 Å². The maximum atomic E-state index is 12.4. The highest BCUT2D eigenvalue weighted by Crippen LogP contribution is 2.28. The number of nitrogens with zero attached hydrogens (tertiary/aromatic N) is 2. The quantitative estimate of drug-likeness (QED) is 0.491. The van der Waals surface area contributed by atoms with E-state index in [0.717, 1.165) is 32.5 Å². The predicted molar refractivity (Wildman–Crippen MR) is 77.9 cm³/mol. The van der Waals surface area contributed by atoms with Gasteiger partial charge in [0.2, 0.25) is 0 Å². The number of nitrogens with two attached hydrogens (primary N) is 1. The molecule has 3 aliphatic rings. The number of nitro benzene ring substituents is 1. The Kier molecular flexibility index (Phi) is 3.50. The topological polar surface area (TPSA) is 101 Å². The number of rotatable bonds is 3. The number of carbonyl (C=O) groups is 1. The van der Waals surface area contributed by atoms with E-state index in [1.165, 1.54) is 18.2 Å². The van der Waals surface area contributed by atoms with Crippen molar-refractivity contribution in [2.75, 3.05) is 25.4 Å². The maximum Gasteiger partial charge on any atom is 0.270 e. The van der Waals surface area contributed by atoms with E-state index in [1.54, 1.807) is 0 Å². The van der Waals surface area contributed by atoms with E-state index in [9.17, 15) is 14.9 Å². The number of piperidine rings is 3. The number of nitrogen functional groups attached to an aromatic ring is 1. The van der Waals surface area contributed by atoms with Crippen LogP contribution in [0.4, 0.5) is 11.4 Å². The Bertz CT molecular complexity index is 582. The summed E-state index contributed by atoms with van der Waals surface area (Å²) < 4.78 is 0. The summed E-state index contributed by atoms with van der Waals surface area (Å²) in [6.07, 6.45) is 2.19. The second kappa shape index (κ2) is 5.33. The average molecular weight is 290 g/mol. The fraction of sp³-hybridized carbons (Fsp3) is 0.500. The highest BCUT2D eigenvalue weighted by atomic mass is 16.6. The zero-order valence-corrected chi connectivity index (χ0v) is 11.6. The molecule has 2 bridgehead atoms. The Morgan fingerprint density at radius 3 is 2.67 bits per heavy atom. The van der Waals surface area contributed by atoms with Gasteiger partial charge >= 0.3 is 0 Å². The molecule has 3 fully saturated rings. The van der Waals surface area contributed by atoms with Crippen molar-refractivity contribution in [1.29, 1.82) is 0 Å². The smallest absolute Gasteiger partial charge is 0.270 e. The van der Waals surface area contributed by atoms with Gasteiger partial charge in [-0.15, -0.1) is 0 Å². The number of amides is 1. The van der Waals surface area contributed by atoms with Gasteiger partial charge in [-0.2, -0.15) is 0 Å². The number of non-ortho nitro benzene ring substituents is 1. The SMILES string of the molecule is Nc1ccc([N+](=O)[O-])cc1C(=O)NC1CN2CCC1CC2. The molecule has 3 heterocycles. The first-order valence-corrected chi connectivity index (χ1v) is 7.12. The summed E-state index contributed by atoms with van der Waals surface area (Å²) >= 11 is 0. The number of benzene rings is 1. The molecule has 7 nitrogen and oxygen atoms in total. The van der Waals surface area contributed by atoms with E-state index in [4.69, 9.17) is 5.73 Å². The number of nitrogens with one attached hydrogen (secondary N) is 1. The minimum Gasteiger partial charge on any atom is -0.398 e. The monoisotopic (exact) mass is 290 g/mol. The highest BCUT2D eigenvalue weighted by Gasteiger charge is 2.35. The van der Waals surface area contributed by atoms with Crippen LogP contribution in [-0.4, -0.2) is 41.4 Å². The molecule has 0 aromatic heterocycles. The minimum atomic E-state index is -0.523. The molecule has 21 heavy (non-hydrogen) atoms. The lowest BCUT2D eigenvalue weighted by atomic mass is 9.84. The number of nitro groups is 1. The molecule has 0 saturated carbocycles. The summed E-state index contributed by atoms with van der Waals surface area (Å²) in [6, 6.07) is 4.06. The lowest BCUT2D eigenvalue weighted by Crippen LogP contribution is -2.57. The molecule has 0 aliphatic carbocycles. The molecular formula is C14H18N4O3. The molecule has 7 heteroatoms. The van der Waals surface area contributed by atoms with Gasteiger partial charge in [-0.05, 0) is 37.9 Å². The van der Waals surface area contributed by atoms with Gasteiger partial charge in [0.05, 0.1) is 10.5 Å². The standard InChI is InChI=1S/C14H18N4O3/c15-12-2-1-10(18(20)21)7-11(12)14(19)16-13-8-17-5-3-9(13)4-6-17/h1-2,7,9,13H,3-6,8,15H2,(H,16,19). The van der Waals surface area contributed by atoms with Crippen molar-refractivity contribution in [3.05, 3.63) is 33.9 Å². The van der Waals surface area contributed by atoms with Gasteiger partial charge in [0.25, 0.3) is 11.6 Å². The van der Waals surface area contributed by atoms with E-state index in [-0.39, 0.29) is 28.9 Å². The van der Waals surface area contributed by atoms with Gasteiger partial charge in [0, 0.05) is 30.4 Å². The van der Waals surface area contributed by atoms with Gasteiger partial charge in [-0.25, -0.2) is 0 Å². The van der Waals surface area contributed by atoms with Gasteiger partial charge in [0.15, 0.2) is 0 Å². The van der Waals surface area contributed by atoms with E-state index in [0.29, 0.717) is 5.92 Å². The van der Waals surface area contributed by atoms with Crippen LogP contribution in [0, 0.1) is 16.0 Å². The van der Waals surface area contributed by atoms with E-state index < -0.39 is 4.92 Å². The summed E-state index contributed by atoms with van der Waals surface area (Å²) in [5.41, 5.74) is 6.10. The number of carbonyl (C=O) groups excluding carboxylic acids is 1. The molecule has 0 spiro atoms. The molecule has 1 aromatic carbocycles. The molecule has 4 rings (SSSR count). The summed E-state index contributed by atoms with van der Waals surface area (Å²) in [4.78, 5) is 25.0. The average Bonchev–Trinajstić information content (AvgIpc) is 2.48. The number of fused-ring (bicyclic) bond motifs is 3. The van der Waals surface area contributed by atoms with Gasteiger partial charge in [-0.1, -0.05) is 0 Å². The molecule has 3 saturated heterocycles. The molecule has 1 unspecified atom stereocenters. The van der Waals surface area contributed by atoms with Crippen molar-refractivity contribution in [1.82, 2.24) is 10.2 Å². The van der Waals surface area contributed by atoms with Crippen LogP contribution in [0.5, 0.6) is 0 Å². The highest BCUT2D eigenvalue weighted by molar-refractivity contribution is 6.00. The van der Waals surface area contributed by atoms with Crippen molar-refractivity contribution in [2.24, 2.45) is 5.92 Å². The summed E-state index contributed by atoms with van der Waals surface area (Å²) in [5.74, 6) is 0.175. The number of hydrogen-bond donors (Lipinski definition) is 2. The Balaban J connectivity index is 1.76. The molecule has 1 atom stereocenters. The zero-order valence-electron chi connectivity index (χ0n) is 11.6. The van der Waals surface area contributed by atoms with Crippen LogP contribution in [0.3, 0.4) is 0 Å². The van der Waals surface area contributed by atoms with Crippen LogP contribution in [-0.2, 0) is 0 Å². The molecule has 3 aliphatic heterocycles. The fourth-order valence-electron chi connectivity index (χ4n) is 3.23. The van der Waals surface area contributed by atoms with Crippen molar-refractivity contribution >= 4 is 17.3 Å². The maximum absolute atomic E-state index is 12.4. The molecular weight excluding hydrogens is 272 g/mol. The van der Waals surface area contributed by atoms with Crippen LogP contribution >= 0.6 is 0 Å². The largest absolute Gasteiger partial charge is 0.398 e. The Labute approximate surface area is 122 Å². The zero-order chi connectivity index (χ0) is 15.0. The second-order valence-corrected chi connectivity index (χ2v) is 5.75. The Morgan fingerprint density at radius 2 is 2.10 bits per heavy atom. The summed E-state index contributed by atoms with van der Waals surface area (Å²) in [6.45, 7) is 3.04. The number of anilines is 1. The van der Waals surface area contributed by atoms with Crippen LogP contribution < -0.4 is 11.1 Å². The second-order valence-electron chi connectivity index (χ2n) is 5.75. The third-order valence-electron chi connectivity index (χ3n) is 4.46. The lowest BCUT2D eigenvalue weighted by molar-refractivity contribution is -0.384. The Morgan fingerprint density at radius 1 is 1.38 bits per heavy atom. The first-order chi connectivity index (χ1) is 10.0. The molecule has 0 radical (unpaired) electrons. The van der Waals surface area contributed by atoms with Crippen molar-refractivity contribution in [2.45, 2.75) is 18.9 Å². The van der Waals surface area contributed by atoms with E-state index >= 15 is 0 Å². The number of hydrogen-bond acceptors (Lipinski definition) is 5. The van der Waals surface area contributed by atoms with Crippen LogP contribution in [0.15, 0.2) is 18.2 Å². The van der Waals surface area contributed by atoms with Crippen molar-refractivity contribution in [3.63, 3.8) is 0 Å². The van der Waals surface area contributed by atoms with Crippen molar-refractivity contribution < 1.29 is 9.72 Å². The molecule has 3 N–H and O–H groups in total. The van der Waals surface area contributed by atoms with Gasteiger partial charge in [0.1, 0.15) is 0 Å². The lowest BCUT2D eigenvalue weighted by Gasteiger charge is -2.44. The Hall–Kier alpha value is -2.15. The first-order valence-electron chi connectivity index (χ1n) is 7.12. The summed E-state index contributed by atoms with van der Waals surface area (Å²) in [7, 11) is 0. The molecule has 1 aromatic rings. The first kappa shape index (κ1) is 13.8. The van der Waals surface area contributed by atoms with Crippen LogP contribution in [0.1, 0.15) is 23.2 Å². The summed E-state index contributed by atoms with van der Waals surface area (Å²) in [5, 5.41) is 13.8. The molecule has 1 amide bonds. The van der Waals surface area contributed by atoms with Crippen LogP contribution in [0.25, 0.3) is 0 Å².